The largest absolute Gasteiger partial charge is 0.387 e. The Balaban J connectivity index is 1.36. The summed E-state index contributed by atoms with van der Waals surface area (Å²) in [6, 6.07) is 17.6. The van der Waals surface area contributed by atoms with Gasteiger partial charge in [0.15, 0.2) is 0 Å². The zero-order valence-electron chi connectivity index (χ0n) is 20.8. The number of rotatable bonds is 5. The fourth-order valence-electron chi connectivity index (χ4n) is 7.41. The van der Waals surface area contributed by atoms with E-state index >= 15 is 0 Å². The summed E-state index contributed by atoms with van der Waals surface area (Å²) in [7, 11) is 0. The third-order valence-electron chi connectivity index (χ3n) is 9.56. The number of para-hydroxylation sites is 1. The lowest BCUT2D eigenvalue weighted by Gasteiger charge is -2.64. The first-order valence-corrected chi connectivity index (χ1v) is 13.3. The average Bonchev–Trinajstić information content (AvgIpc) is 3.22. The Labute approximate surface area is 203 Å². The zero-order chi connectivity index (χ0) is 23.5. The number of fused-ring (bicyclic) bond motifs is 3. The third kappa shape index (κ3) is 3.45. The van der Waals surface area contributed by atoms with Crippen LogP contribution in [0, 0.1) is 17.3 Å². The van der Waals surface area contributed by atoms with E-state index in [4.69, 9.17) is 9.72 Å². The zero-order valence-corrected chi connectivity index (χ0v) is 20.8. The van der Waals surface area contributed by atoms with Crippen molar-refractivity contribution in [1.29, 1.82) is 0 Å². The molecule has 0 aliphatic heterocycles. The van der Waals surface area contributed by atoms with Crippen LogP contribution in [0.15, 0.2) is 48.5 Å². The maximum absolute atomic E-state index is 11.5. The number of hydrogen-bond acceptors (Lipinski definition) is 3. The predicted octanol–water partition coefficient (Wildman–Crippen LogP) is 6.91. The van der Waals surface area contributed by atoms with Gasteiger partial charge in [-0.25, -0.2) is 4.98 Å². The number of imidazole rings is 1. The molecule has 4 atom stereocenters. The summed E-state index contributed by atoms with van der Waals surface area (Å²) in [6.45, 7) is 7.07. The van der Waals surface area contributed by atoms with Crippen LogP contribution in [0.3, 0.4) is 0 Å². The summed E-state index contributed by atoms with van der Waals surface area (Å²) >= 11 is 0. The van der Waals surface area contributed by atoms with Crippen molar-refractivity contribution in [3.63, 3.8) is 0 Å². The molecule has 0 radical (unpaired) electrons. The third-order valence-corrected chi connectivity index (χ3v) is 9.56. The van der Waals surface area contributed by atoms with Gasteiger partial charge < -0.3 is 14.4 Å². The monoisotopic (exact) mass is 458 g/mol. The number of ether oxygens (including phenoxy) is 1. The Morgan fingerprint density at radius 1 is 0.971 bits per heavy atom. The maximum atomic E-state index is 11.5. The smallest absolute Gasteiger partial charge is 0.136 e. The van der Waals surface area contributed by atoms with Gasteiger partial charge in [-0.1, -0.05) is 75.6 Å². The molecule has 34 heavy (non-hydrogen) atoms. The van der Waals surface area contributed by atoms with Crippen molar-refractivity contribution >= 4 is 11.0 Å². The number of nitrogens with zero attached hydrogens (tertiary/aromatic N) is 2. The van der Waals surface area contributed by atoms with Gasteiger partial charge in [0.1, 0.15) is 12.4 Å². The van der Waals surface area contributed by atoms with Crippen LogP contribution < -0.4 is 0 Å². The van der Waals surface area contributed by atoms with Gasteiger partial charge in [0.05, 0.1) is 22.7 Å². The van der Waals surface area contributed by atoms with Gasteiger partial charge in [-0.3, -0.25) is 0 Å². The molecule has 1 aromatic heterocycles. The lowest BCUT2D eigenvalue weighted by Crippen LogP contribution is -2.66. The fourth-order valence-corrected chi connectivity index (χ4v) is 7.41. The van der Waals surface area contributed by atoms with Gasteiger partial charge in [-0.2, -0.15) is 0 Å². The van der Waals surface area contributed by atoms with Crippen molar-refractivity contribution in [3.8, 4) is 11.1 Å². The normalized spacial score (nSPS) is 30.9. The standard InChI is InChI=1S/C30H38N2O2/c1-29(2)21-17-25(29)30(3,33)26(18-21)34-19-27-31-28-23(20-11-6-4-7-12-20)15-10-16-24(28)32(27)22-13-8-5-9-14-22/h4,6-7,10-12,15-16,21-22,25-26,33H,5,8-9,13-14,17-19H2,1-3H3/t21-,25-,26+,30-/m1/s1. The summed E-state index contributed by atoms with van der Waals surface area (Å²) in [5.74, 6) is 1.97. The minimum absolute atomic E-state index is 0.127. The minimum atomic E-state index is -0.783. The Hall–Kier alpha value is -2.17. The van der Waals surface area contributed by atoms with Gasteiger partial charge in [-0.15, -0.1) is 0 Å². The van der Waals surface area contributed by atoms with E-state index in [0.29, 0.717) is 24.5 Å². The van der Waals surface area contributed by atoms with Crippen LogP contribution in [0.1, 0.15) is 77.6 Å². The molecule has 0 unspecified atom stereocenters. The molecule has 7 rings (SSSR count). The Morgan fingerprint density at radius 2 is 1.74 bits per heavy atom. The number of benzene rings is 2. The summed E-state index contributed by atoms with van der Waals surface area (Å²) in [6.07, 6.45) is 8.22. The summed E-state index contributed by atoms with van der Waals surface area (Å²) in [4.78, 5) is 5.21. The van der Waals surface area contributed by atoms with Gasteiger partial charge in [-0.05, 0) is 61.5 Å². The van der Waals surface area contributed by atoms with E-state index in [2.05, 4.69) is 66.9 Å². The topological polar surface area (TPSA) is 47.3 Å². The van der Waals surface area contributed by atoms with E-state index in [9.17, 15) is 5.11 Å². The van der Waals surface area contributed by atoms with Crippen molar-refractivity contribution in [2.24, 2.45) is 17.3 Å². The molecule has 2 aromatic carbocycles. The van der Waals surface area contributed by atoms with Crippen LogP contribution in [0.4, 0.5) is 0 Å². The van der Waals surface area contributed by atoms with Gasteiger partial charge >= 0.3 is 0 Å². The molecule has 0 amide bonds. The molecular weight excluding hydrogens is 420 g/mol. The van der Waals surface area contributed by atoms with Crippen molar-refractivity contribution in [2.75, 3.05) is 0 Å². The quantitative estimate of drug-likeness (QED) is 0.452. The minimum Gasteiger partial charge on any atom is -0.387 e. The van der Waals surface area contributed by atoms with Crippen LogP contribution in [0.5, 0.6) is 0 Å². The first-order chi connectivity index (χ1) is 16.4. The molecule has 4 aliphatic rings. The van der Waals surface area contributed by atoms with Gasteiger partial charge in [0, 0.05) is 11.6 Å². The van der Waals surface area contributed by atoms with Crippen molar-refractivity contribution < 1.29 is 9.84 Å². The first kappa shape index (κ1) is 22.3. The number of hydrogen-bond donors (Lipinski definition) is 1. The maximum Gasteiger partial charge on any atom is 0.136 e. The highest BCUT2D eigenvalue weighted by Gasteiger charge is 2.63. The molecule has 0 saturated heterocycles. The van der Waals surface area contributed by atoms with Crippen LogP contribution in [-0.2, 0) is 11.3 Å². The Bertz CT molecular complexity index is 1170. The van der Waals surface area contributed by atoms with Crippen molar-refractivity contribution in [2.45, 2.75) is 90.1 Å². The lowest BCUT2D eigenvalue weighted by atomic mass is 9.43. The highest BCUT2D eigenvalue weighted by atomic mass is 16.5. The van der Waals surface area contributed by atoms with E-state index in [1.165, 1.54) is 48.7 Å². The summed E-state index contributed by atoms with van der Waals surface area (Å²) < 4.78 is 9.03. The molecule has 1 N–H and O–H groups in total. The SMILES string of the molecule is CC1(C)[C@H]2C[C@H](OCc3nc4c(-c5ccccc5)cccc4n3C3CCCCC3)[C@](C)(O)[C@@H]1C2. The Kier molecular flexibility index (Phi) is 5.38. The molecular formula is C30H38N2O2. The molecule has 4 aliphatic carbocycles. The second-order valence-electron chi connectivity index (χ2n) is 11.8. The van der Waals surface area contributed by atoms with E-state index < -0.39 is 5.60 Å². The van der Waals surface area contributed by atoms with Gasteiger partial charge in [0.25, 0.3) is 0 Å². The average molecular weight is 459 g/mol. The molecule has 0 spiro atoms. The second-order valence-corrected chi connectivity index (χ2v) is 11.8. The van der Waals surface area contributed by atoms with E-state index in [-0.39, 0.29) is 11.5 Å². The summed E-state index contributed by atoms with van der Waals surface area (Å²) in [5.41, 5.74) is 4.09. The van der Waals surface area contributed by atoms with Crippen LogP contribution in [0.25, 0.3) is 22.2 Å². The molecule has 3 aromatic rings. The van der Waals surface area contributed by atoms with Crippen LogP contribution >= 0.6 is 0 Å². The summed E-state index contributed by atoms with van der Waals surface area (Å²) in [5, 5.41) is 11.5. The van der Waals surface area contributed by atoms with Gasteiger partial charge in [0.2, 0.25) is 0 Å². The molecule has 1 heterocycles. The van der Waals surface area contributed by atoms with Crippen molar-refractivity contribution in [1.82, 2.24) is 9.55 Å². The first-order valence-electron chi connectivity index (χ1n) is 13.3. The molecule has 4 saturated carbocycles. The lowest BCUT2D eigenvalue weighted by molar-refractivity contribution is -0.260. The second kappa shape index (κ2) is 8.20. The van der Waals surface area contributed by atoms with Crippen molar-refractivity contribution in [3.05, 3.63) is 54.4 Å². The highest BCUT2D eigenvalue weighted by molar-refractivity contribution is 5.92. The predicted molar refractivity (Wildman–Crippen MR) is 136 cm³/mol. The van der Waals surface area contributed by atoms with E-state index in [1.54, 1.807) is 0 Å². The molecule has 4 nitrogen and oxygen atoms in total. The molecule has 4 heteroatoms. The van der Waals surface area contributed by atoms with E-state index in [0.717, 1.165) is 24.2 Å². The van der Waals surface area contributed by atoms with E-state index in [1.807, 2.05) is 6.92 Å². The Morgan fingerprint density at radius 3 is 2.44 bits per heavy atom. The number of aromatic nitrogens is 2. The highest BCUT2D eigenvalue weighted by Crippen LogP contribution is 2.63. The van der Waals surface area contributed by atoms with Crippen LogP contribution in [0.2, 0.25) is 0 Å². The fraction of sp³-hybridized carbons (Fsp3) is 0.567. The molecule has 2 bridgehead atoms. The molecule has 4 fully saturated rings. The van der Waals surface area contributed by atoms with Crippen LogP contribution in [-0.4, -0.2) is 26.4 Å². The number of aliphatic hydroxyl groups is 1. The molecule has 180 valence electrons.